The van der Waals surface area contributed by atoms with Crippen LogP contribution in [-0.4, -0.2) is 65.9 Å². The number of carboxylic acid groups (broad SMARTS) is 1. The Bertz CT molecular complexity index is 304. The number of urea groups is 1. The average Bonchev–Trinajstić information content (AvgIpc) is 2.23. The first-order valence-electron chi connectivity index (χ1n) is 4.79. The maximum Gasteiger partial charge on any atom is 0.328 e. The Morgan fingerprint density at radius 1 is 1.41 bits per heavy atom. The average molecular weight is 248 g/mol. The smallest absolute Gasteiger partial charge is 0.328 e. The first-order valence-corrected chi connectivity index (χ1v) is 4.79. The number of nitrogens with zero attached hydrogens (tertiary/aromatic N) is 1. The zero-order valence-corrected chi connectivity index (χ0v) is 9.84. The Balaban J connectivity index is 4.41. The lowest BCUT2D eigenvalue weighted by atomic mass is 10.2. The number of ether oxygens (including phenoxy) is 1. The van der Waals surface area contributed by atoms with Gasteiger partial charge in [-0.15, -0.1) is 0 Å². The van der Waals surface area contributed by atoms with Gasteiger partial charge in [0, 0.05) is 7.05 Å². The first-order chi connectivity index (χ1) is 7.79. The summed E-state index contributed by atoms with van der Waals surface area (Å²) in [6, 6.07) is -2.22. The van der Waals surface area contributed by atoms with Gasteiger partial charge in [-0.05, 0) is 6.92 Å². The van der Waals surface area contributed by atoms with E-state index in [1.54, 1.807) is 0 Å². The van der Waals surface area contributed by atoms with Crippen LogP contribution in [0.25, 0.3) is 0 Å². The first kappa shape index (κ1) is 15.2. The molecule has 0 heterocycles. The quantitative estimate of drug-likeness (QED) is 0.517. The Kier molecular flexibility index (Phi) is 5.97. The van der Waals surface area contributed by atoms with Crippen molar-refractivity contribution in [2.24, 2.45) is 0 Å². The van der Waals surface area contributed by atoms with Crippen molar-refractivity contribution in [2.45, 2.75) is 19.1 Å². The molecule has 0 radical (unpaired) electrons. The van der Waals surface area contributed by atoms with Gasteiger partial charge >= 0.3 is 18.0 Å². The third-order valence-electron chi connectivity index (χ3n) is 1.97. The summed E-state index contributed by atoms with van der Waals surface area (Å²) in [6.07, 6.45) is -1.25. The fraction of sp³-hybridized carbons (Fsp3) is 0.667. The van der Waals surface area contributed by atoms with E-state index >= 15 is 0 Å². The third kappa shape index (κ3) is 5.16. The molecule has 2 atom stereocenters. The van der Waals surface area contributed by atoms with E-state index in [-0.39, 0.29) is 6.54 Å². The van der Waals surface area contributed by atoms with Crippen LogP contribution in [0.3, 0.4) is 0 Å². The van der Waals surface area contributed by atoms with Gasteiger partial charge < -0.3 is 25.2 Å². The standard InChI is InChI=1S/C9H16N2O6/c1-5(12)7(8(14)15)10-9(16)11(2)4-6(13)17-3/h5,7,12H,4H2,1-3H3,(H,10,16)(H,14,15). The highest BCUT2D eigenvalue weighted by atomic mass is 16.5. The fourth-order valence-corrected chi connectivity index (χ4v) is 0.962. The number of esters is 1. The van der Waals surface area contributed by atoms with Gasteiger partial charge in [0.25, 0.3) is 0 Å². The van der Waals surface area contributed by atoms with Crippen LogP contribution in [-0.2, 0) is 14.3 Å². The molecule has 8 nitrogen and oxygen atoms in total. The predicted molar refractivity (Wildman–Crippen MR) is 56.3 cm³/mol. The molecule has 0 fully saturated rings. The third-order valence-corrected chi connectivity index (χ3v) is 1.97. The van der Waals surface area contributed by atoms with Crippen molar-refractivity contribution in [1.82, 2.24) is 10.2 Å². The van der Waals surface area contributed by atoms with Crippen LogP contribution in [0.5, 0.6) is 0 Å². The van der Waals surface area contributed by atoms with Crippen LogP contribution in [0.1, 0.15) is 6.92 Å². The van der Waals surface area contributed by atoms with Gasteiger partial charge in [-0.3, -0.25) is 4.79 Å². The van der Waals surface area contributed by atoms with Crippen LogP contribution in [0.2, 0.25) is 0 Å². The number of aliphatic carboxylic acids is 1. The largest absolute Gasteiger partial charge is 0.480 e. The molecular weight excluding hydrogens is 232 g/mol. The summed E-state index contributed by atoms with van der Waals surface area (Å²) >= 11 is 0. The summed E-state index contributed by atoms with van der Waals surface area (Å²) in [4.78, 5) is 34.0. The molecule has 0 spiro atoms. The number of amides is 2. The molecule has 0 bridgehead atoms. The molecule has 17 heavy (non-hydrogen) atoms. The van der Waals surface area contributed by atoms with Crippen LogP contribution in [0.15, 0.2) is 0 Å². The topological polar surface area (TPSA) is 116 Å². The number of hydrogen-bond acceptors (Lipinski definition) is 5. The lowest BCUT2D eigenvalue weighted by Crippen LogP contribution is -2.52. The van der Waals surface area contributed by atoms with E-state index in [0.29, 0.717) is 0 Å². The van der Waals surface area contributed by atoms with E-state index in [4.69, 9.17) is 10.2 Å². The number of nitrogens with one attached hydrogen (secondary N) is 1. The molecule has 2 unspecified atom stereocenters. The second-order valence-corrected chi connectivity index (χ2v) is 3.44. The minimum atomic E-state index is -1.43. The Hall–Kier alpha value is -1.83. The van der Waals surface area contributed by atoms with Gasteiger partial charge in [0.1, 0.15) is 6.54 Å². The molecule has 0 aromatic rings. The summed E-state index contributed by atoms with van der Waals surface area (Å²) in [5, 5.41) is 19.9. The molecule has 2 amide bonds. The molecule has 0 saturated heterocycles. The number of aliphatic hydroxyl groups excluding tert-OH is 1. The molecule has 0 aliphatic carbocycles. The molecular formula is C9H16N2O6. The molecule has 0 aliphatic rings. The second-order valence-electron chi connectivity index (χ2n) is 3.44. The minimum absolute atomic E-state index is 0.311. The highest BCUT2D eigenvalue weighted by molar-refractivity contribution is 5.85. The maximum atomic E-state index is 11.4. The zero-order chi connectivity index (χ0) is 13.6. The van der Waals surface area contributed by atoms with Gasteiger partial charge in [-0.25, -0.2) is 9.59 Å². The number of aliphatic hydroxyl groups is 1. The second kappa shape index (κ2) is 6.69. The molecule has 0 aliphatic heterocycles. The lowest BCUT2D eigenvalue weighted by Gasteiger charge is -2.21. The fourth-order valence-electron chi connectivity index (χ4n) is 0.962. The van der Waals surface area contributed by atoms with Gasteiger partial charge in [0.2, 0.25) is 0 Å². The Labute approximate surface area is 98.2 Å². The lowest BCUT2D eigenvalue weighted by molar-refractivity contribution is -0.141. The zero-order valence-electron chi connectivity index (χ0n) is 9.84. The molecule has 0 aromatic heterocycles. The summed E-state index contributed by atoms with van der Waals surface area (Å²) < 4.78 is 4.34. The van der Waals surface area contributed by atoms with E-state index in [2.05, 4.69) is 10.1 Å². The number of hydrogen-bond donors (Lipinski definition) is 3. The van der Waals surface area contributed by atoms with E-state index in [1.165, 1.54) is 21.1 Å². The monoisotopic (exact) mass is 248 g/mol. The Morgan fingerprint density at radius 2 is 1.94 bits per heavy atom. The molecule has 0 rings (SSSR count). The number of methoxy groups -OCH3 is 1. The van der Waals surface area contributed by atoms with Crippen molar-refractivity contribution in [2.75, 3.05) is 20.7 Å². The summed E-state index contributed by atoms with van der Waals surface area (Å²) in [7, 11) is 2.47. The highest BCUT2D eigenvalue weighted by Gasteiger charge is 2.26. The molecule has 3 N–H and O–H groups in total. The number of likely N-dealkylation sites (N-methyl/N-ethyl adjacent to an activating group) is 1. The van der Waals surface area contributed by atoms with Gasteiger partial charge in [-0.1, -0.05) is 0 Å². The number of carbonyl (C=O) groups excluding carboxylic acids is 2. The molecule has 0 aromatic carbocycles. The normalized spacial score (nSPS) is 13.4. The van der Waals surface area contributed by atoms with Gasteiger partial charge in [0.05, 0.1) is 13.2 Å². The molecule has 8 heteroatoms. The number of rotatable bonds is 5. The van der Waals surface area contributed by atoms with Crippen LogP contribution >= 0.6 is 0 Å². The van der Waals surface area contributed by atoms with Crippen molar-refractivity contribution in [3.05, 3.63) is 0 Å². The molecule has 98 valence electrons. The highest BCUT2D eigenvalue weighted by Crippen LogP contribution is 1.95. The van der Waals surface area contributed by atoms with Crippen molar-refractivity contribution < 1.29 is 29.3 Å². The van der Waals surface area contributed by atoms with Crippen molar-refractivity contribution >= 4 is 18.0 Å². The van der Waals surface area contributed by atoms with E-state index in [0.717, 1.165) is 4.90 Å². The van der Waals surface area contributed by atoms with Crippen molar-refractivity contribution in [3.63, 3.8) is 0 Å². The van der Waals surface area contributed by atoms with Crippen LogP contribution in [0.4, 0.5) is 4.79 Å². The summed E-state index contributed by atoms with van der Waals surface area (Å²) in [6.45, 7) is 0.924. The Morgan fingerprint density at radius 3 is 2.29 bits per heavy atom. The number of carboxylic acids is 1. The summed E-state index contributed by atoms with van der Waals surface area (Å²) in [5.74, 6) is -1.99. The SMILES string of the molecule is COC(=O)CN(C)C(=O)NC(C(=O)O)C(C)O. The van der Waals surface area contributed by atoms with E-state index < -0.39 is 30.1 Å². The molecule has 0 saturated carbocycles. The van der Waals surface area contributed by atoms with E-state index in [9.17, 15) is 14.4 Å². The minimum Gasteiger partial charge on any atom is -0.480 e. The van der Waals surface area contributed by atoms with Crippen LogP contribution in [0, 0.1) is 0 Å². The van der Waals surface area contributed by atoms with Crippen LogP contribution < -0.4 is 5.32 Å². The maximum absolute atomic E-state index is 11.4. The predicted octanol–water partition coefficient (Wildman–Crippen LogP) is -1.37. The number of carbonyl (C=O) groups is 3. The van der Waals surface area contributed by atoms with Gasteiger partial charge in [0.15, 0.2) is 6.04 Å². The van der Waals surface area contributed by atoms with Crippen molar-refractivity contribution in [3.8, 4) is 0 Å². The summed E-state index contributed by atoms with van der Waals surface area (Å²) in [5.41, 5.74) is 0. The van der Waals surface area contributed by atoms with Crippen molar-refractivity contribution in [1.29, 1.82) is 0 Å². The van der Waals surface area contributed by atoms with E-state index in [1.807, 2.05) is 0 Å². The van der Waals surface area contributed by atoms with Gasteiger partial charge in [-0.2, -0.15) is 0 Å².